The molecule has 0 bridgehead atoms. The Balaban J connectivity index is 2.35. The standard InChI is InChI=1S/C13H16ClN3O2S2/c1-7-11(14)5-16-6-12(7)17-4-10-8(2)20-9(3)13(10)21(15,18)19/h5-6,17H,4H2,1-3H3,(H2,15,18,19). The lowest BCUT2D eigenvalue weighted by atomic mass is 10.2. The van der Waals surface area contributed by atoms with Gasteiger partial charge in [0.2, 0.25) is 10.0 Å². The summed E-state index contributed by atoms with van der Waals surface area (Å²) < 4.78 is 23.5. The number of anilines is 1. The lowest BCUT2D eigenvalue weighted by Gasteiger charge is -2.11. The summed E-state index contributed by atoms with van der Waals surface area (Å²) in [5.74, 6) is 0. The van der Waals surface area contributed by atoms with Crippen LogP contribution in [-0.2, 0) is 16.6 Å². The molecule has 114 valence electrons. The molecule has 3 N–H and O–H groups in total. The van der Waals surface area contributed by atoms with Crippen LogP contribution in [0.2, 0.25) is 5.02 Å². The van der Waals surface area contributed by atoms with Crippen molar-refractivity contribution in [2.24, 2.45) is 5.14 Å². The first kappa shape index (κ1) is 16.2. The summed E-state index contributed by atoms with van der Waals surface area (Å²) in [4.78, 5) is 5.86. The van der Waals surface area contributed by atoms with E-state index in [0.29, 0.717) is 22.0 Å². The van der Waals surface area contributed by atoms with E-state index in [4.69, 9.17) is 16.7 Å². The Morgan fingerprint density at radius 1 is 1.29 bits per heavy atom. The van der Waals surface area contributed by atoms with Gasteiger partial charge < -0.3 is 5.32 Å². The van der Waals surface area contributed by atoms with Crippen LogP contribution in [0.5, 0.6) is 0 Å². The molecule has 0 radical (unpaired) electrons. The van der Waals surface area contributed by atoms with Crippen molar-refractivity contribution < 1.29 is 8.42 Å². The fourth-order valence-corrected chi connectivity index (χ4v) is 4.79. The molecule has 21 heavy (non-hydrogen) atoms. The Hall–Kier alpha value is -1.15. The van der Waals surface area contributed by atoms with Gasteiger partial charge >= 0.3 is 0 Å². The van der Waals surface area contributed by atoms with Gasteiger partial charge in [-0.2, -0.15) is 0 Å². The number of pyridine rings is 1. The average Bonchev–Trinajstić information content (AvgIpc) is 2.65. The van der Waals surface area contributed by atoms with Crippen molar-refractivity contribution in [2.75, 3.05) is 5.32 Å². The van der Waals surface area contributed by atoms with E-state index in [0.717, 1.165) is 16.1 Å². The molecular formula is C13H16ClN3O2S2. The van der Waals surface area contributed by atoms with Crippen LogP contribution in [0, 0.1) is 20.8 Å². The Labute approximate surface area is 133 Å². The molecule has 0 saturated carbocycles. The maximum absolute atomic E-state index is 11.7. The number of thiophene rings is 1. The fourth-order valence-electron chi connectivity index (χ4n) is 2.15. The van der Waals surface area contributed by atoms with E-state index in [-0.39, 0.29) is 4.90 Å². The molecule has 0 aliphatic rings. The zero-order valence-electron chi connectivity index (χ0n) is 11.9. The molecule has 0 spiro atoms. The molecule has 0 aliphatic heterocycles. The maximum Gasteiger partial charge on any atom is 0.239 e. The number of hydrogen-bond acceptors (Lipinski definition) is 5. The Morgan fingerprint density at radius 2 is 1.95 bits per heavy atom. The summed E-state index contributed by atoms with van der Waals surface area (Å²) in [7, 11) is -3.74. The quantitative estimate of drug-likeness (QED) is 0.892. The van der Waals surface area contributed by atoms with Crippen molar-refractivity contribution in [1.82, 2.24) is 4.98 Å². The molecule has 5 nitrogen and oxygen atoms in total. The highest BCUT2D eigenvalue weighted by Gasteiger charge is 2.22. The van der Waals surface area contributed by atoms with Gasteiger partial charge in [-0.25, -0.2) is 13.6 Å². The third kappa shape index (κ3) is 3.37. The van der Waals surface area contributed by atoms with Crippen molar-refractivity contribution >= 4 is 38.6 Å². The van der Waals surface area contributed by atoms with Crippen LogP contribution in [0.25, 0.3) is 0 Å². The molecule has 0 amide bonds. The largest absolute Gasteiger partial charge is 0.379 e. The molecule has 0 atom stereocenters. The van der Waals surface area contributed by atoms with E-state index < -0.39 is 10.0 Å². The highest BCUT2D eigenvalue weighted by atomic mass is 35.5. The van der Waals surface area contributed by atoms with Crippen LogP contribution < -0.4 is 10.5 Å². The van der Waals surface area contributed by atoms with Gasteiger partial charge in [0.1, 0.15) is 4.90 Å². The Bertz CT molecular complexity index is 785. The summed E-state index contributed by atoms with van der Waals surface area (Å²) >= 11 is 7.44. The predicted octanol–water partition coefficient (Wildman–Crippen LogP) is 2.98. The minimum atomic E-state index is -3.74. The molecule has 0 aliphatic carbocycles. The Kier molecular flexibility index (Phi) is 4.57. The minimum absolute atomic E-state index is 0.213. The zero-order chi connectivity index (χ0) is 15.8. The van der Waals surface area contributed by atoms with Crippen molar-refractivity contribution in [3.8, 4) is 0 Å². The van der Waals surface area contributed by atoms with Crippen LogP contribution >= 0.6 is 22.9 Å². The van der Waals surface area contributed by atoms with Gasteiger partial charge in [-0.1, -0.05) is 11.6 Å². The first-order chi connectivity index (χ1) is 9.71. The summed E-state index contributed by atoms with van der Waals surface area (Å²) in [6, 6.07) is 0. The number of aromatic nitrogens is 1. The number of nitrogens with zero attached hydrogens (tertiary/aromatic N) is 1. The van der Waals surface area contributed by atoms with Gasteiger partial charge in [0.25, 0.3) is 0 Å². The third-order valence-electron chi connectivity index (χ3n) is 3.22. The minimum Gasteiger partial charge on any atom is -0.379 e. The fraction of sp³-hybridized carbons (Fsp3) is 0.308. The molecule has 0 unspecified atom stereocenters. The highest BCUT2D eigenvalue weighted by molar-refractivity contribution is 7.89. The smallest absolute Gasteiger partial charge is 0.239 e. The SMILES string of the molecule is Cc1sc(C)c(S(N)(=O)=O)c1CNc1cncc(Cl)c1C. The number of nitrogens with one attached hydrogen (secondary N) is 1. The van der Waals surface area contributed by atoms with E-state index in [1.54, 1.807) is 19.3 Å². The van der Waals surface area contributed by atoms with Gasteiger partial charge in [-0.3, -0.25) is 4.98 Å². The summed E-state index contributed by atoms with van der Waals surface area (Å²) in [6.45, 7) is 5.86. The normalized spacial score (nSPS) is 11.7. The van der Waals surface area contributed by atoms with Gasteiger partial charge in [0, 0.05) is 28.1 Å². The van der Waals surface area contributed by atoms with Crippen molar-refractivity contribution in [3.63, 3.8) is 0 Å². The number of primary sulfonamides is 1. The monoisotopic (exact) mass is 345 g/mol. The number of rotatable bonds is 4. The molecule has 0 fully saturated rings. The molecule has 2 aromatic heterocycles. The van der Waals surface area contributed by atoms with E-state index in [9.17, 15) is 8.42 Å². The van der Waals surface area contributed by atoms with Crippen LogP contribution in [0.4, 0.5) is 5.69 Å². The van der Waals surface area contributed by atoms with E-state index in [1.165, 1.54) is 11.3 Å². The van der Waals surface area contributed by atoms with Gasteiger partial charge in [-0.15, -0.1) is 11.3 Å². The molecule has 2 rings (SSSR count). The molecule has 2 heterocycles. The number of aryl methyl sites for hydroxylation is 2. The highest BCUT2D eigenvalue weighted by Crippen LogP contribution is 2.31. The molecular weight excluding hydrogens is 330 g/mol. The summed E-state index contributed by atoms with van der Waals surface area (Å²) in [5, 5.41) is 9.05. The zero-order valence-corrected chi connectivity index (χ0v) is 14.3. The van der Waals surface area contributed by atoms with Crippen LogP contribution in [0.1, 0.15) is 20.9 Å². The van der Waals surface area contributed by atoms with Crippen molar-refractivity contribution in [2.45, 2.75) is 32.2 Å². The molecule has 8 heteroatoms. The number of hydrogen-bond donors (Lipinski definition) is 2. The number of sulfonamides is 1. The van der Waals surface area contributed by atoms with Crippen molar-refractivity contribution in [3.05, 3.63) is 38.3 Å². The number of nitrogens with two attached hydrogens (primary N) is 1. The van der Waals surface area contributed by atoms with Crippen LogP contribution in [0.15, 0.2) is 17.3 Å². The van der Waals surface area contributed by atoms with E-state index in [2.05, 4.69) is 10.3 Å². The maximum atomic E-state index is 11.7. The molecule has 0 aromatic carbocycles. The van der Waals surface area contributed by atoms with E-state index >= 15 is 0 Å². The summed E-state index contributed by atoms with van der Waals surface area (Å²) in [6.07, 6.45) is 3.23. The molecule has 2 aromatic rings. The second kappa shape index (κ2) is 5.92. The first-order valence-electron chi connectivity index (χ1n) is 6.17. The van der Waals surface area contributed by atoms with Gasteiger partial charge in [0.15, 0.2) is 0 Å². The van der Waals surface area contributed by atoms with Crippen molar-refractivity contribution in [1.29, 1.82) is 0 Å². The third-order valence-corrected chi connectivity index (χ3v) is 5.91. The van der Waals surface area contributed by atoms with Crippen LogP contribution in [-0.4, -0.2) is 13.4 Å². The van der Waals surface area contributed by atoms with Crippen LogP contribution in [0.3, 0.4) is 0 Å². The lowest BCUT2D eigenvalue weighted by molar-refractivity contribution is 0.596. The topological polar surface area (TPSA) is 85.1 Å². The van der Waals surface area contributed by atoms with E-state index in [1.807, 2.05) is 13.8 Å². The predicted molar refractivity (Wildman–Crippen MR) is 86.5 cm³/mol. The van der Waals surface area contributed by atoms with Gasteiger partial charge in [0.05, 0.1) is 16.9 Å². The van der Waals surface area contributed by atoms with Gasteiger partial charge in [-0.05, 0) is 26.3 Å². The second-order valence-electron chi connectivity index (χ2n) is 4.71. The second-order valence-corrected chi connectivity index (χ2v) is 8.05. The lowest BCUT2D eigenvalue weighted by Crippen LogP contribution is -2.16. The average molecular weight is 346 g/mol. The first-order valence-corrected chi connectivity index (χ1v) is 8.91. The molecule has 0 saturated heterocycles. The summed E-state index contributed by atoms with van der Waals surface area (Å²) in [5.41, 5.74) is 2.33. The number of halogens is 1. The Morgan fingerprint density at radius 3 is 2.57 bits per heavy atom.